The van der Waals surface area contributed by atoms with Gasteiger partial charge in [-0.3, -0.25) is 15.1 Å². The van der Waals surface area contributed by atoms with Crippen molar-refractivity contribution in [2.45, 2.75) is 25.9 Å². The molecule has 2 N–H and O–H groups in total. The minimum Gasteiger partial charge on any atom is -0.358 e. The fourth-order valence-electron chi connectivity index (χ4n) is 1.43. The number of carbonyl (C=O) groups is 1. The number of hydrogen-bond acceptors (Lipinski definition) is 3. The molecule has 0 saturated heterocycles. The lowest BCUT2D eigenvalue weighted by molar-refractivity contribution is -0.122. The minimum absolute atomic E-state index is 0.101. The summed E-state index contributed by atoms with van der Waals surface area (Å²) in [7, 11) is 1.58. The molecule has 1 rings (SSSR count). The smallest absolute Gasteiger partial charge is 0.236 e. The van der Waals surface area contributed by atoms with E-state index >= 15 is 0 Å². The van der Waals surface area contributed by atoms with Gasteiger partial charge in [-0.05, 0) is 25.5 Å². The molecule has 1 aromatic heterocycles. The highest BCUT2D eigenvalue weighted by molar-refractivity contribution is 5.80. The molecule has 0 aliphatic carbocycles. The van der Waals surface area contributed by atoms with Gasteiger partial charge in [0.05, 0.1) is 12.2 Å². The first kappa shape index (κ1) is 12.6. The van der Waals surface area contributed by atoms with Crippen LogP contribution < -0.4 is 10.6 Å². The number of pyridine rings is 1. The first-order valence-corrected chi connectivity index (χ1v) is 5.12. The zero-order chi connectivity index (χ0) is 12.1. The average molecular weight is 225 g/mol. The first-order valence-electron chi connectivity index (χ1n) is 5.12. The van der Waals surface area contributed by atoms with Crippen molar-refractivity contribution in [2.24, 2.45) is 0 Å². The van der Waals surface area contributed by atoms with Gasteiger partial charge in [0.2, 0.25) is 5.91 Å². The number of halogens is 1. The normalized spacial score (nSPS) is 14.2. The zero-order valence-electron chi connectivity index (χ0n) is 9.62. The SMILES string of the molecule is CNC(=O)[C@@H](C)NC(C)c1cncc(F)c1. The van der Waals surface area contributed by atoms with Crippen LogP contribution in [0.25, 0.3) is 0 Å². The summed E-state index contributed by atoms with van der Waals surface area (Å²) in [6, 6.07) is 0.945. The Bertz CT molecular complexity index is 370. The van der Waals surface area contributed by atoms with E-state index in [1.54, 1.807) is 20.2 Å². The highest BCUT2D eigenvalue weighted by Gasteiger charge is 2.15. The van der Waals surface area contributed by atoms with Gasteiger partial charge in [-0.15, -0.1) is 0 Å². The maximum absolute atomic E-state index is 12.9. The number of amides is 1. The molecule has 0 spiro atoms. The zero-order valence-corrected chi connectivity index (χ0v) is 9.62. The molecule has 1 unspecified atom stereocenters. The largest absolute Gasteiger partial charge is 0.358 e. The average Bonchev–Trinajstić information content (AvgIpc) is 2.27. The Morgan fingerprint density at radius 1 is 1.44 bits per heavy atom. The summed E-state index contributed by atoms with van der Waals surface area (Å²) < 4.78 is 12.9. The summed E-state index contributed by atoms with van der Waals surface area (Å²) in [5.74, 6) is -0.477. The lowest BCUT2D eigenvalue weighted by Gasteiger charge is -2.18. The van der Waals surface area contributed by atoms with Crippen LogP contribution >= 0.6 is 0 Å². The van der Waals surface area contributed by atoms with Gasteiger partial charge >= 0.3 is 0 Å². The molecule has 0 aliphatic heterocycles. The lowest BCUT2D eigenvalue weighted by atomic mass is 10.1. The highest BCUT2D eigenvalue weighted by atomic mass is 19.1. The van der Waals surface area contributed by atoms with Crippen LogP contribution in [0.3, 0.4) is 0 Å². The van der Waals surface area contributed by atoms with Crippen LogP contribution in [-0.4, -0.2) is 24.0 Å². The Morgan fingerprint density at radius 3 is 2.69 bits per heavy atom. The molecule has 0 radical (unpaired) electrons. The summed E-state index contributed by atoms with van der Waals surface area (Å²) in [6.07, 6.45) is 2.73. The molecule has 88 valence electrons. The molecule has 1 amide bonds. The summed E-state index contributed by atoms with van der Waals surface area (Å²) in [4.78, 5) is 15.0. The topological polar surface area (TPSA) is 54.0 Å². The molecule has 0 fully saturated rings. The van der Waals surface area contributed by atoms with Crippen molar-refractivity contribution in [1.29, 1.82) is 0 Å². The Balaban J connectivity index is 2.65. The number of aromatic nitrogens is 1. The molecule has 2 atom stereocenters. The van der Waals surface area contributed by atoms with Gasteiger partial charge in [0, 0.05) is 19.3 Å². The van der Waals surface area contributed by atoms with Crippen LogP contribution in [0.5, 0.6) is 0 Å². The van der Waals surface area contributed by atoms with Crippen LogP contribution in [0, 0.1) is 5.82 Å². The molecule has 5 heteroatoms. The molecule has 0 bridgehead atoms. The summed E-state index contributed by atoms with van der Waals surface area (Å²) in [5, 5.41) is 5.60. The van der Waals surface area contributed by atoms with Crippen molar-refractivity contribution in [2.75, 3.05) is 7.05 Å². The van der Waals surface area contributed by atoms with Crippen molar-refractivity contribution < 1.29 is 9.18 Å². The van der Waals surface area contributed by atoms with E-state index in [0.29, 0.717) is 0 Å². The van der Waals surface area contributed by atoms with Gasteiger partial charge in [0.15, 0.2) is 0 Å². The highest BCUT2D eigenvalue weighted by Crippen LogP contribution is 2.12. The van der Waals surface area contributed by atoms with Gasteiger partial charge < -0.3 is 5.32 Å². The Kier molecular flexibility index (Phi) is 4.37. The second kappa shape index (κ2) is 5.55. The van der Waals surface area contributed by atoms with E-state index in [1.165, 1.54) is 6.07 Å². The number of hydrogen-bond donors (Lipinski definition) is 2. The van der Waals surface area contributed by atoms with Gasteiger partial charge in [-0.1, -0.05) is 0 Å². The summed E-state index contributed by atoms with van der Waals surface area (Å²) in [5.41, 5.74) is 0.718. The van der Waals surface area contributed by atoms with Crippen molar-refractivity contribution in [3.63, 3.8) is 0 Å². The fraction of sp³-hybridized carbons (Fsp3) is 0.455. The van der Waals surface area contributed by atoms with Crippen molar-refractivity contribution in [3.8, 4) is 0 Å². The number of likely N-dealkylation sites (N-methyl/N-ethyl adjacent to an activating group) is 1. The van der Waals surface area contributed by atoms with E-state index in [2.05, 4.69) is 15.6 Å². The van der Waals surface area contributed by atoms with E-state index in [4.69, 9.17) is 0 Å². The third-order valence-corrected chi connectivity index (χ3v) is 2.37. The Labute approximate surface area is 94.3 Å². The number of nitrogens with zero attached hydrogens (tertiary/aromatic N) is 1. The maximum Gasteiger partial charge on any atom is 0.236 e. The molecule has 4 nitrogen and oxygen atoms in total. The van der Waals surface area contributed by atoms with Crippen molar-refractivity contribution in [1.82, 2.24) is 15.6 Å². The van der Waals surface area contributed by atoms with Crippen LogP contribution in [0.1, 0.15) is 25.5 Å². The van der Waals surface area contributed by atoms with Crippen molar-refractivity contribution in [3.05, 3.63) is 29.8 Å². The monoisotopic (exact) mass is 225 g/mol. The van der Waals surface area contributed by atoms with E-state index in [9.17, 15) is 9.18 Å². The summed E-state index contributed by atoms with van der Waals surface area (Å²) in [6.45, 7) is 3.61. The van der Waals surface area contributed by atoms with E-state index in [0.717, 1.165) is 11.8 Å². The second-order valence-electron chi connectivity index (χ2n) is 3.66. The van der Waals surface area contributed by atoms with Crippen LogP contribution in [0.4, 0.5) is 4.39 Å². The summed E-state index contributed by atoms with van der Waals surface area (Å²) >= 11 is 0. The quantitative estimate of drug-likeness (QED) is 0.804. The number of rotatable bonds is 4. The molecule has 1 aromatic rings. The molecule has 16 heavy (non-hydrogen) atoms. The minimum atomic E-state index is -0.376. The van der Waals surface area contributed by atoms with Crippen LogP contribution in [0.15, 0.2) is 18.5 Å². The number of carbonyl (C=O) groups excluding carboxylic acids is 1. The van der Waals surface area contributed by atoms with Crippen molar-refractivity contribution >= 4 is 5.91 Å². The lowest BCUT2D eigenvalue weighted by Crippen LogP contribution is -2.41. The standard InChI is InChI=1S/C11H16FN3O/c1-7(15-8(2)11(16)13-3)9-4-10(12)6-14-5-9/h4-8,15H,1-3H3,(H,13,16)/t7?,8-/m1/s1. The third kappa shape index (κ3) is 3.27. The third-order valence-electron chi connectivity index (χ3n) is 2.37. The molecule has 0 aliphatic rings. The molecule has 0 saturated carbocycles. The predicted molar refractivity (Wildman–Crippen MR) is 59.3 cm³/mol. The van der Waals surface area contributed by atoms with Crippen LogP contribution in [0.2, 0.25) is 0 Å². The van der Waals surface area contributed by atoms with Crippen LogP contribution in [-0.2, 0) is 4.79 Å². The molecular weight excluding hydrogens is 209 g/mol. The molecule has 0 aromatic carbocycles. The second-order valence-corrected chi connectivity index (χ2v) is 3.66. The molecular formula is C11H16FN3O. The molecule has 1 heterocycles. The predicted octanol–water partition coefficient (Wildman–Crippen LogP) is 1.01. The van der Waals surface area contributed by atoms with E-state index in [1.807, 2.05) is 6.92 Å². The first-order chi connectivity index (χ1) is 7.54. The van der Waals surface area contributed by atoms with Gasteiger partial charge in [0.1, 0.15) is 5.82 Å². The van der Waals surface area contributed by atoms with Gasteiger partial charge in [-0.2, -0.15) is 0 Å². The van der Waals surface area contributed by atoms with E-state index < -0.39 is 0 Å². The van der Waals surface area contributed by atoms with Gasteiger partial charge in [-0.25, -0.2) is 4.39 Å². The Hall–Kier alpha value is -1.49. The van der Waals surface area contributed by atoms with Gasteiger partial charge in [0.25, 0.3) is 0 Å². The maximum atomic E-state index is 12.9. The van der Waals surface area contributed by atoms with E-state index in [-0.39, 0.29) is 23.8 Å². The Morgan fingerprint density at radius 2 is 2.12 bits per heavy atom. The number of nitrogens with one attached hydrogen (secondary N) is 2. The fourth-order valence-corrected chi connectivity index (χ4v) is 1.43.